The molecule has 1 atom stereocenters. The zero-order valence-corrected chi connectivity index (χ0v) is 11.4. The van der Waals surface area contributed by atoms with Crippen molar-refractivity contribution in [2.45, 2.75) is 25.3 Å². The molecule has 4 nitrogen and oxygen atoms in total. The van der Waals surface area contributed by atoms with Gasteiger partial charge in [-0.2, -0.15) is 0 Å². The Morgan fingerprint density at radius 3 is 2.68 bits per heavy atom. The molecule has 19 heavy (non-hydrogen) atoms. The van der Waals surface area contributed by atoms with Crippen molar-refractivity contribution in [2.75, 3.05) is 26.2 Å². The number of hydrogen-bond donors (Lipinski definition) is 2. The first-order chi connectivity index (χ1) is 9.21. The van der Waals surface area contributed by atoms with Crippen LogP contribution in [0.3, 0.4) is 0 Å². The highest BCUT2D eigenvalue weighted by molar-refractivity contribution is 5.80. The van der Waals surface area contributed by atoms with Crippen LogP contribution in [0.25, 0.3) is 0 Å². The maximum atomic E-state index is 12.0. The third-order valence-electron chi connectivity index (χ3n) is 4.00. The maximum Gasteiger partial charge on any atom is 0.328 e. The highest BCUT2D eigenvalue weighted by atomic mass is 16.4. The minimum absolute atomic E-state index is 0.576. The second kappa shape index (κ2) is 6.17. The van der Waals surface area contributed by atoms with Crippen LogP contribution >= 0.6 is 0 Å². The number of carboxylic acid groups (broad SMARTS) is 1. The molecule has 0 aromatic heterocycles. The number of nitrogens with one attached hydrogen (secondary N) is 1. The topological polar surface area (TPSA) is 52.6 Å². The molecule has 1 saturated heterocycles. The number of rotatable bonds is 4. The SMILES string of the molecule is CCC(C(=O)O)(c1ccccc1)N1CCCNCC1. The van der Waals surface area contributed by atoms with Gasteiger partial charge in [0, 0.05) is 19.6 Å². The average molecular weight is 262 g/mol. The van der Waals surface area contributed by atoms with Gasteiger partial charge in [-0.05, 0) is 24.9 Å². The van der Waals surface area contributed by atoms with Crippen molar-refractivity contribution in [2.24, 2.45) is 0 Å². The zero-order chi connectivity index (χ0) is 13.7. The van der Waals surface area contributed by atoms with Gasteiger partial charge in [-0.3, -0.25) is 4.90 Å². The molecule has 1 aliphatic rings. The van der Waals surface area contributed by atoms with Crippen LogP contribution in [0.4, 0.5) is 0 Å². The summed E-state index contributed by atoms with van der Waals surface area (Å²) in [4.78, 5) is 14.1. The number of aliphatic carboxylic acids is 1. The Morgan fingerprint density at radius 1 is 1.32 bits per heavy atom. The van der Waals surface area contributed by atoms with E-state index >= 15 is 0 Å². The Kier molecular flexibility index (Phi) is 4.56. The third kappa shape index (κ3) is 2.65. The molecule has 104 valence electrons. The van der Waals surface area contributed by atoms with Gasteiger partial charge in [0.15, 0.2) is 0 Å². The summed E-state index contributed by atoms with van der Waals surface area (Å²) >= 11 is 0. The third-order valence-corrected chi connectivity index (χ3v) is 4.00. The zero-order valence-electron chi connectivity index (χ0n) is 11.4. The van der Waals surface area contributed by atoms with Crippen LogP contribution < -0.4 is 5.32 Å². The second-order valence-corrected chi connectivity index (χ2v) is 4.98. The van der Waals surface area contributed by atoms with E-state index in [1.165, 1.54) is 0 Å². The molecule has 1 heterocycles. The van der Waals surface area contributed by atoms with Crippen molar-refractivity contribution in [3.05, 3.63) is 35.9 Å². The van der Waals surface area contributed by atoms with E-state index in [4.69, 9.17) is 0 Å². The molecule has 1 aromatic carbocycles. The summed E-state index contributed by atoms with van der Waals surface area (Å²) < 4.78 is 0. The van der Waals surface area contributed by atoms with Gasteiger partial charge < -0.3 is 10.4 Å². The van der Waals surface area contributed by atoms with Crippen LogP contribution in [-0.2, 0) is 10.3 Å². The highest BCUT2D eigenvalue weighted by Crippen LogP contribution is 2.33. The summed E-state index contributed by atoms with van der Waals surface area (Å²) in [6, 6.07) is 9.61. The van der Waals surface area contributed by atoms with E-state index in [1.807, 2.05) is 37.3 Å². The van der Waals surface area contributed by atoms with E-state index in [9.17, 15) is 9.90 Å². The van der Waals surface area contributed by atoms with E-state index < -0.39 is 11.5 Å². The Labute approximate surface area is 114 Å². The van der Waals surface area contributed by atoms with E-state index in [1.54, 1.807) is 0 Å². The molecule has 0 saturated carbocycles. The van der Waals surface area contributed by atoms with Crippen LogP contribution in [0.5, 0.6) is 0 Å². The molecule has 0 radical (unpaired) electrons. The minimum atomic E-state index is -0.896. The van der Waals surface area contributed by atoms with Crippen molar-refractivity contribution >= 4 is 5.97 Å². The molecule has 2 N–H and O–H groups in total. The summed E-state index contributed by atoms with van der Waals surface area (Å²) in [5.41, 5.74) is -0.0142. The van der Waals surface area contributed by atoms with Gasteiger partial charge in [0.25, 0.3) is 0 Å². The van der Waals surface area contributed by atoms with Crippen LogP contribution in [0.1, 0.15) is 25.3 Å². The van der Waals surface area contributed by atoms with Gasteiger partial charge in [0.05, 0.1) is 0 Å². The largest absolute Gasteiger partial charge is 0.480 e. The number of hydrogen-bond acceptors (Lipinski definition) is 3. The van der Waals surface area contributed by atoms with E-state index in [-0.39, 0.29) is 0 Å². The van der Waals surface area contributed by atoms with Crippen LogP contribution in [0, 0.1) is 0 Å². The molecule has 1 aromatic rings. The smallest absolute Gasteiger partial charge is 0.328 e. The average Bonchev–Trinajstić information content (AvgIpc) is 2.71. The number of nitrogens with zero attached hydrogens (tertiary/aromatic N) is 1. The van der Waals surface area contributed by atoms with Gasteiger partial charge in [-0.1, -0.05) is 37.3 Å². The Morgan fingerprint density at radius 2 is 2.05 bits per heavy atom. The highest BCUT2D eigenvalue weighted by Gasteiger charge is 2.44. The predicted octanol–water partition coefficient (Wildman–Crippen LogP) is 1.67. The summed E-state index contributed by atoms with van der Waals surface area (Å²) in [6.07, 6.45) is 1.56. The molecule has 0 bridgehead atoms. The van der Waals surface area contributed by atoms with E-state index in [2.05, 4.69) is 10.2 Å². The molecular weight excluding hydrogens is 240 g/mol. The lowest BCUT2D eigenvalue weighted by molar-refractivity contribution is -0.153. The van der Waals surface area contributed by atoms with Crippen LogP contribution in [0.15, 0.2) is 30.3 Å². The van der Waals surface area contributed by atoms with Gasteiger partial charge in [-0.15, -0.1) is 0 Å². The molecule has 1 fully saturated rings. The predicted molar refractivity (Wildman–Crippen MR) is 75.1 cm³/mol. The standard InChI is InChI=1S/C15H22N2O2/c1-2-15(14(18)19,13-7-4-3-5-8-13)17-11-6-9-16-10-12-17/h3-5,7-8,16H,2,6,9-12H2,1H3,(H,18,19). The van der Waals surface area contributed by atoms with Crippen molar-refractivity contribution in [3.8, 4) is 0 Å². The fourth-order valence-electron chi connectivity index (χ4n) is 2.96. The van der Waals surface area contributed by atoms with E-state index in [0.717, 1.165) is 38.2 Å². The molecule has 0 amide bonds. The molecule has 4 heteroatoms. The molecule has 1 unspecified atom stereocenters. The van der Waals surface area contributed by atoms with Crippen LogP contribution in [0.2, 0.25) is 0 Å². The van der Waals surface area contributed by atoms with Gasteiger partial charge in [-0.25, -0.2) is 4.79 Å². The molecule has 0 spiro atoms. The second-order valence-electron chi connectivity index (χ2n) is 4.98. The first-order valence-corrected chi connectivity index (χ1v) is 6.96. The quantitative estimate of drug-likeness (QED) is 0.866. The van der Waals surface area contributed by atoms with Gasteiger partial charge in [0.2, 0.25) is 0 Å². The van der Waals surface area contributed by atoms with Crippen molar-refractivity contribution in [3.63, 3.8) is 0 Å². The Bertz CT molecular complexity index is 413. The van der Waals surface area contributed by atoms with Crippen molar-refractivity contribution in [1.29, 1.82) is 0 Å². The normalized spacial score (nSPS) is 20.5. The summed E-state index contributed by atoms with van der Waals surface area (Å²) in [5, 5.41) is 13.2. The maximum absolute atomic E-state index is 12.0. The van der Waals surface area contributed by atoms with Crippen molar-refractivity contribution < 1.29 is 9.90 Å². The Balaban J connectivity index is 2.41. The molecule has 1 aliphatic heterocycles. The van der Waals surface area contributed by atoms with Crippen LogP contribution in [-0.4, -0.2) is 42.2 Å². The summed E-state index contributed by atoms with van der Waals surface area (Å²) in [7, 11) is 0. The fraction of sp³-hybridized carbons (Fsp3) is 0.533. The summed E-state index contributed by atoms with van der Waals surface area (Å²) in [5.74, 6) is -0.747. The Hall–Kier alpha value is -1.39. The number of benzene rings is 1. The molecule has 0 aliphatic carbocycles. The van der Waals surface area contributed by atoms with Gasteiger partial charge >= 0.3 is 5.97 Å². The first-order valence-electron chi connectivity index (χ1n) is 6.96. The summed E-state index contributed by atoms with van der Waals surface area (Å²) in [6.45, 7) is 5.36. The lowest BCUT2D eigenvalue weighted by atomic mass is 9.85. The number of carboxylic acids is 1. The molecule has 2 rings (SSSR count). The first kappa shape index (κ1) is 14.0. The lowest BCUT2D eigenvalue weighted by Gasteiger charge is -2.40. The number of carbonyl (C=O) groups is 1. The lowest BCUT2D eigenvalue weighted by Crippen LogP contribution is -2.52. The fourth-order valence-corrected chi connectivity index (χ4v) is 2.96. The van der Waals surface area contributed by atoms with Crippen molar-refractivity contribution in [1.82, 2.24) is 10.2 Å². The molecular formula is C15H22N2O2. The van der Waals surface area contributed by atoms with Gasteiger partial charge in [0.1, 0.15) is 5.54 Å². The van der Waals surface area contributed by atoms with E-state index in [0.29, 0.717) is 6.42 Å². The monoisotopic (exact) mass is 262 g/mol. The minimum Gasteiger partial charge on any atom is -0.480 e.